The van der Waals surface area contributed by atoms with Gasteiger partial charge in [0.05, 0.1) is 22.8 Å². The van der Waals surface area contributed by atoms with Crippen LogP contribution in [0.25, 0.3) is 38.8 Å². The van der Waals surface area contributed by atoms with Gasteiger partial charge in [-0.25, -0.2) is 23.7 Å². The molecule has 0 bridgehead atoms. The van der Waals surface area contributed by atoms with Crippen LogP contribution in [0.2, 0.25) is 0 Å². The summed E-state index contributed by atoms with van der Waals surface area (Å²) < 4.78 is 17.3. The lowest BCUT2D eigenvalue weighted by atomic mass is 9.90. The molecule has 2 fully saturated rings. The van der Waals surface area contributed by atoms with Crippen LogP contribution in [0.4, 0.5) is 4.39 Å². The molecule has 0 radical (unpaired) electrons. The maximum absolute atomic E-state index is 14.6. The van der Waals surface area contributed by atoms with Crippen LogP contribution in [0.1, 0.15) is 61.6 Å². The second kappa shape index (κ2) is 14.5. The number of benzene rings is 3. The number of rotatable bonds is 7. The fourth-order valence-corrected chi connectivity index (χ4v) is 8.12. The standard InChI is InChI=1S/C42H42FN7O3/c1-26-23-48(24-27(2)45-26)25-28-10-12-29(13-11-28)31-7-5-8-35(20-31)49-39-36(21-32(43)22-44-39)41(52)50(42(49)53)34-17-15-33(16-18-34)46-40(51)38-19-14-30-6-3-4-9-37(30)47-38/h3-14,19-22,26-27,33-34,45H,15-18,23-25H2,1-2H3,(H,46,51)/t26-,27+,33-,34+. The molecule has 3 aromatic heterocycles. The molecule has 2 N–H and O–H groups in total. The molecule has 2 atom stereocenters. The van der Waals surface area contributed by atoms with Crippen molar-refractivity contribution in [2.24, 2.45) is 0 Å². The van der Waals surface area contributed by atoms with Crippen LogP contribution in [-0.4, -0.2) is 61.1 Å². The Balaban J connectivity index is 1.04. The molecule has 2 aliphatic rings. The highest BCUT2D eigenvalue weighted by Crippen LogP contribution is 2.29. The quantitative estimate of drug-likeness (QED) is 0.209. The number of fused-ring (bicyclic) bond motifs is 2. The third-order valence-electron chi connectivity index (χ3n) is 10.6. The number of halogens is 1. The Morgan fingerprint density at radius 1 is 0.868 bits per heavy atom. The number of nitrogens with one attached hydrogen (secondary N) is 2. The van der Waals surface area contributed by atoms with Crippen molar-refractivity contribution in [2.45, 2.75) is 70.2 Å². The number of hydrogen-bond acceptors (Lipinski definition) is 7. The maximum Gasteiger partial charge on any atom is 0.337 e. The van der Waals surface area contributed by atoms with E-state index in [0.29, 0.717) is 49.1 Å². The van der Waals surface area contributed by atoms with E-state index in [2.05, 4.69) is 63.6 Å². The van der Waals surface area contributed by atoms with E-state index in [1.54, 1.807) is 12.1 Å². The van der Waals surface area contributed by atoms with Crippen molar-refractivity contribution < 1.29 is 9.18 Å². The second-order valence-corrected chi connectivity index (χ2v) is 14.6. The van der Waals surface area contributed by atoms with E-state index in [0.717, 1.165) is 53.9 Å². The molecule has 8 rings (SSSR count). The lowest BCUT2D eigenvalue weighted by Crippen LogP contribution is -2.53. The Kier molecular flexibility index (Phi) is 9.44. The summed E-state index contributed by atoms with van der Waals surface area (Å²) in [5.41, 5.74) is 3.74. The molecule has 1 aliphatic heterocycles. The molecule has 6 aromatic rings. The number of aromatic nitrogens is 4. The molecule has 10 nitrogen and oxygen atoms in total. The van der Waals surface area contributed by atoms with Gasteiger partial charge in [0.15, 0.2) is 5.65 Å². The monoisotopic (exact) mass is 711 g/mol. The van der Waals surface area contributed by atoms with E-state index in [4.69, 9.17) is 0 Å². The third kappa shape index (κ3) is 7.14. The highest BCUT2D eigenvalue weighted by molar-refractivity contribution is 5.95. The fourth-order valence-electron chi connectivity index (χ4n) is 8.12. The SMILES string of the molecule is C[C@@H]1CN(Cc2ccc(-c3cccc(-n4c(=O)n([C@H]5CC[C@@H](NC(=O)c6ccc7ccccc7n6)CC5)c(=O)c5cc(F)cnc54)c3)cc2)C[C@H](C)N1. The molecule has 4 heterocycles. The van der Waals surface area contributed by atoms with Gasteiger partial charge in [-0.1, -0.05) is 60.7 Å². The zero-order valence-electron chi connectivity index (χ0n) is 29.8. The average Bonchev–Trinajstić information content (AvgIpc) is 3.15. The Morgan fingerprint density at radius 3 is 2.40 bits per heavy atom. The summed E-state index contributed by atoms with van der Waals surface area (Å²) in [7, 11) is 0. The Morgan fingerprint density at radius 2 is 1.62 bits per heavy atom. The van der Waals surface area contributed by atoms with Gasteiger partial charge >= 0.3 is 5.69 Å². The lowest BCUT2D eigenvalue weighted by Gasteiger charge is -2.36. The number of carbonyl (C=O) groups excluding carboxylic acids is 1. The molecule has 11 heteroatoms. The van der Waals surface area contributed by atoms with Crippen molar-refractivity contribution >= 4 is 27.8 Å². The number of piperazine rings is 1. The van der Waals surface area contributed by atoms with Crippen LogP contribution >= 0.6 is 0 Å². The molecule has 1 aliphatic carbocycles. The minimum atomic E-state index is -0.654. The summed E-state index contributed by atoms with van der Waals surface area (Å²) in [6.45, 7) is 7.29. The van der Waals surface area contributed by atoms with E-state index in [-0.39, 0.29) is 23.0 Å². The summed E-state index contributed by atoms with van der Waals surface area (Å²) in [6.07, 6.45) is 3.12. The van der Waals surface area contributed by atoms with Crippen LogP contribution in [0.5, 0.6) is 0 Å². The van der Waals surface area contributed by atoms with Crippen molar-refractivity contribution in [1.29, 1.82) is 0 Å². The normalized spacial score (nSPS) is 20.8. The maximum atomic E-state index is 14.6. The predicted molar refractivity (Wildman–Crippen MR) is 205 cm³/mol. The van der Waals surface area contributed by atoms with E-state index in [1.165, 1.54) is 14.7 Å². The van der Waals surface area contributed by atoms with Gasteiger partial charge in [-0.2, -0.15) is 0 Å². The van der Waals surface area contributed by atoms with Crippen molar-refractivity contribution in [3.05, 3.63) is 135 Å². The van der Waals surface area contributed by atoms with E-state index in [1.807, 2.05) is 48.5 Å². The predicted octanol–water partition coefficient (Wildman–Crippen LogP) is 6.00. The van der Waals surface area contributed by atoms with E-state index in [9.17, 15) is 18.8 Å². The molecule has 3 aromatic carbocycles. The van der Waals surface area contributed by atoms with E-state index >= 15 is 0 Å². The third-order valence-corrected chi connectivity index (χ3v) is 10.6. The first-order valence-corrected chi connectivity index (χ1v) is 18.4. The minimum Gasteiger partial charge on any atom is -0.348 e. The average molecular weight is 712 g/mol. The van der Waals surface area contributed by atoms with Crippen LogP contribution in [-0.2, 0) is 6.54 Å². The van der Waals surface area contributed by atoms with Crippen LogP contribution in [0, 0.1) is 5.82 Å². The van der Waals surface area contributed by atoms with Crippen molar-refractivity contribution in [1.82, 2.24) is 34.6 Å². The lowest BCUT2D eigenvalue weighted by molar-refractivity contribution is 0.0917. The van der Waals surface area contributed by atoms with Crippen molar-refractivity contribution in [3.63, 3.8) is 0 Å². The van der Waals surface area contributed by atoms with Crippen LogP contribution in [0.15, 0.2) is 107 Å². The molecule has 270 valence electrons. The molecule has 0 spiro atoms. The first-order valence-electron chi connectivity index (χ1n) is 18.4. The van der Waals surface area contributed by atoms with Gasteiger partial charge in [-0.05, 0) is 86.6 Å². The number of para-hydroxylation sites is 1. The fraction of sp³-hybridized carbons (Fsp3) is 0.310. The number of pyridine rings is 2. The minimum absolute atomic E-state index is 0.0358. The molecule has 1 saturated heterocycles. The van der Waals surface area contributed by atoms with Crippen molar-refractivity contribution in [2.75, 3.05) is 13.1 Å². The van der Waals surface area contributed by atoms with Crippen LogP contribution in [0.3, 0.4) is 0 Å². The number of hydrogen-bond donors (Lipinski definition) is 2. The zero-order valence-corrected chi connectivity index (χ0v) is 29.8. The smallest absolute Gasteiger partial charge is 0.337 e. The highest BCUT2D eigenvalue weighted by Gasteiger charge is 2.29. The largest absolute Gasteiger partial charge is 0.348 e. The van der Waals surface area contributed by atoms with Gasteiger partial charge in [0, 0.05) is 49.2 Å². The highest BCUT2D eigenvalue weighted by atomic mass is 19.1. The molecule has 1 saturated carbocycles. The zero-order chi connectivity index (χ0) is 36.6. The number of nitrogens with zero attached hydrogens (tertiary/aromatic N) is 5. The first-order chi connectivity index (χ1) is 25.7. The summed E-state index contributed by atoms with van der Waals surface area (Å²) in [4.78, 5) is 52.6. The summed E-state index contributed by atoms with van der Waals surface area (Å²) >= 11 is 0. The van der Waals surface area contributed by atoms with Gasteiger partial charge in [0.2, 0.25) is 0 Å². The Hall–Kier alpha value is -5.52. The van der Waals surface area contributed by atoms with Crippen molar-refractivity contribution in [3.8, 4) is 16.8 Å². The number of carbonyl (C=O) groups is 1. The van der Waals surface area contributed by atoms with Gasteiger partial charge in [0.25, 0.3) is 11.5 Å². The summed E-state index contributed by atoms with van der Waals surface area (Å²) in [6, 6.07) is 28.7. The van der Waals surface area contributed by atoms with Gasteiger partial charge in [-0.15, -0.1) is 0 Å². The van der Waals surface area contributed by atoms with Gasteiger partial charge in [-0.3, -0.25) is 19.1 Å². The first kappa shape index (κ1) is 34.6. The van der Waals surface area contributed by atoms with E-state index < -0.39 is 23.1 Å². The second-order valence-electron chi connectivity index (χ2n) is 14.6. The Bertz CT molecular complexity index is 2430. The molecule has 53 heavy (non-hydrogen) atoms. The van der Waals surface area contributed by atoms with Crippen LogP contribution < -0.4 is 21.9 Å². The van der Waals surface area contributed by atoms with Gasteiger partial charge in [0.1, 0.15) is 11.5 Å². The Labute approximate surface area is 306 Å². The summed E-state index contributed by atoms with van der Waals surface area (Å²) in [5.74, 6) is -0.914. The van der Waals surface area contributed by atoms with Gasteiger partial charge < -0.3 is 10.6 Å². The molecule has 1 amide bonds. The molecular weight excluding hydrogens is 670 g/mol. The molecule has 0 unspecified atom stereocenters. The number of amides is 1. The molecular formula is C42H42FN7O3. The summed E-state index contributed by atoms with van der Waals surface area (Å²) in [5, 5.41) is 7.66. The topological polar surface area (TPSA) is 114 Å².